The summed E-state index contributed by atoms with van der Waals surface area (Å²) in [7, 11) is 0. The van der Waals surface area contributed by atoms with Gasteiger partial charge in [0.05, 0.1) is 18.7 Å². The maximum Gasteiger partial charge on any atom is 0.326 e. The second-order valence-corrected chi connectivity index (χ2v) is 8.17. The second-order valence-electron chi connectivity index (χ2n) is 8.17. The minimum atomic E-state index is -0.448. The van der Waals surface area contributed by atoms with Crippen molar-refractivity contribution in [2.45, 2.75) is 18.0 Å². The molecule has 8 heteroatoms. The van der Waals surface area contributed by atoms with E-state index in [9.17, 15) is 23.5 Å². The fourth-order valence-electron chi connectivity index (χ4n) is 4.82. The fraction of sp³-hybridized carbons (Fsp3) is 0.200. The Bertz CT molecular complexity index is 1200. The van der Waals surface area contributed by atoms with Gasteiger partial charge in [-0.05, 0) is 60.2 Å². The van der Waals surface area contributed by atoms with Crippen LogP contribution in [0.2, 0.25) is 0 Å². The van der Waals surface area contributed by atoms with Crippen LogP contribution in [-0.4, -0.2) is 47.2 Å². The first-order valence-corrected chi connectivity index (χ1v) is 10.6. The molecule has 5 rings (SSSR count). The van der Waals surface area contributed by atoms with E-state index in [2.05, 4.69) is 5.32 Å². The minimum Gasteiger partial charge on any atom is -0.394 e. The second kappa shape index (κ2) is 8.29. The van der Waals surface area contributed by atoms with E-state index in [0.717, 1.165) is 5.56 Å². The van der Waals surface area contributed by atoms with Gasteiger partial charge in [-0.15, -0.1) is 0 Å². The number of fused-ring (bicyclic) bond motifs is 3. The molecule has 2 aliphatic rings. The zero-order valence-electron chi connectivity index (χ0n) is 17.5. The van der Waals surface area contributed by atoms with E-state index < -0.39 is 23.7 Å². The lowest BCUT2D eigenvalue weighted by molar-refractivity contribution is -0.0241. The zero-order chi connectivity index (χ0) is 23.1. The first-order chi connectivity index (χ1) is 16.0. The maximum absolute atomic E-state index is 13.3. The van der Waals surface area contributed by atoms with Gasteiger partial charge in [0.15, 0.2) is 0 Å². The number of rotatable bonds is 3. The predicted octanol–water partition coefficient (Wildman–Crippen LogP) is 3.99. The van der Waals surface area contributed by atoms with Gasteiger partial charge in [-0.2, -0.15) is 0 Å². The van der Waals surface area contributed by atoms with Gasteiger partial charge in [-0.25, -0.2) is 13.6 Å². The van der Waals surface area contributed by atoms with Crippen molar-refractivity contribution in [2.24, 2.45) is 0 Å². The Hall–Kier alpha value is -3.78. The normalized spacial score (nSPS) is 21.0. The Labute approximate surface area is 189 Å². The molecule has 3 aromatic rings. The average Bonchev–Trinajstić information content (AvgIpc) is 2.81. The molecule has 1 saturated heterocycles. The summed E-state index contributed by atoms with van der Waals surface area (Å²) in [4.78, 5) is 29.5. The number of nitrogens with one attached hydrogen (secondary N) is 1. The monoisotopic (exact) mass is 449 g/mol. The number of aliphatic hydroxyl groups is 1. The Kier molecular flexibility index (Phi) is 5.30. The number of anilines is 2. The predicted molar refractivity (Wildman–Crippen MR) is 119 cm³/mol. The molecular weight excluding hydrogens is 428 g/mol. The molecule has 3 atom stereocenters. The highest BCUT2D eigenvalue weighted by Crippen LogP contribution is 2.48. The van der Waals surface area contributed by atoms with E-state index in [0.29, 0.717) is 16.9 Å². The highest BCUT2D eigenvalue weighted by atomic mass is 19.1. The van der Waals surface area contributed by atoms with Crippen LogP contribution in [0.15, 0.2) is 72.8 Å². The summed E-state index contributed by atoms with van der Waals surface area (Å²) < 4.78 is 26.6. The Balaban J connectivity index is 1.46. The molecule has 0 aliphatic carbocycles. The number of carbonyl (C=O) groups is 2. The van der Waals surface area contributed by atoms with Crippen LogP contribution in [0.1, 0.15) is 21.8 Å². The first-order valence-electron chi connectivity index (χ1n) is 10.6. The van der Waals surface area contributed by atoms with Crippen LogP contribution in [-0.2, 0) is 0 Å². The number of carbonyl (C=O) groups excluding carboxylic acids is 2. The molecule has 0 bridgehead atoms. The molecule has 168 valence electrons. The number of aliphatic hydroxyl groups excluding tert-OH is 1. The number of likely N-dealkylation sites (tertiary alicyclic amines) is 1. The van der Waals surface area contributed by atoms with Crippen molar-refractivity contribution < 1.29 is 23.5 Å². The summed E-state index contributed by atoms with van der Waals surface area (Å²) in [5.74, 6) is -1.31. The van der Waals surface area contributed by atoms with E-state index in [1.165, 1.54) is 48.5 Å². The summed E-state index contributed by atoms with van der Waals surface area (Å²) in [6.45, 7) is -0.0116. The third kappa shape index (κ3) is 3.62. The molecule has 6 nitrogen and oxygen atoms in total. The van der Waals surface area contributed by atoms with Gasteiger partial charge in [-0.3, -0.25) is 9.69 Å². The van der Waals surface area contributed by atoms with Crippen molar-refractivity contribution in [2.75, 3.05) is 23.4 Å². The molecule has 2 N–H and O–H groups in total. The Morgan fingerprint density at radius 1 is 0.939 bits per heavy atom. The number of benzene rings is 3. The first kappa shape index (κ1) is 21.1. The van der Waals surface area contributed by atoms with E-state index in [4.69, 9.17) is 0 Å². The van der Waals surface area contributed by atoms with Gasteiger partial charge in [0.1, 0.15) is 11.6 Å². The van der Waals surface area contributed by atoms with Crippen LogP contribution in [0.5, 0.6) is 0 Å². The van der Waals surface area contributed by atoms with Crippen molar-refractivity contribution >= 4 is 23.3 Å². The summed E-state index contributed by atoms with van der Waals surface area (Å²) in [5.41, 5.74) is 2.33. The topological polar surface area (TPSA) is 72.9 Å². The fourth-order valence-corrected chi connectivity index (χ4v) is 4.82. The number of hydrogen-bond acceptors (Lipinski definition) is 3. The third-order valence-electron chi connectivity index (χ3n) is 6.35. The molecule has 3 aromatic carbocycles. The van der Waals surface area contributed by atoms with Crippen molar-refractivity contribution in [1.82, 2.24) is 4.90 Å². The molecule has 2 aliphatic heterocycles. The van der Waals surface area contributed by atoms with Gasteiger partial charge in [0.2, 0.25) is 0 Å². The molecular formula is C25H21F2N3O3. The smallest absolute Gasteiger partial charge is 0.326 e. The van der Waals surface area contributed by atoms with Gasteiger partial charge >= 0.3 is 6.03 Å². The van der Waals surface area contributed by atoms with Crippen molar-refractivity contribution in [1.29, 1.82) is 0 Å². The molecule has 0 aromatic heterocycles. The van der Waals surface area contributed by atoms with E-state index >= 15 is 0 Å². The van der Waals surface area contributed by atoms with Crippen LogP contribution < -0.4 is 10.2 Å². The SMILES string of the molecule is O=C(Nc1ccc(F)cc1)N1C[C@H]2[C@@H](c3ccccc31)[C@H](CO)N2C(=O)c1ccc(F)cc1. The highest BCUT2D eigenvalue weighted by Gasteiger charge is 2.55. The number of halogens is 2. The maximum atomic E-state index is 13.3. The van der Waals surface area contributed by atoms with Crippen molar-refractivity contribution in [3.8, 4) is 0 Å². The zero-order valence-corrected chi connectivity index (χ0v) is 17.5. The lowest BCUT2D eigenvalue weighted by Crippen LogP contribution is -2.71. The minimum absolute atomic E-state index is 0.134. The lowest BCUT2D eigenvalue weighted by Gasteiger charge is -2.58. The summed E-state index contributed by atoms with van der Waals surface area (Å²) in [6, 6.07) is 16.9. The molecule has 0 radical (unpaired) electrons. The number of nitrogens with zero attached hydrogens (tertiary/aromatic N) is 2. The van der Waals surface area contributed by atoms with Crippen LogP contribution in [0.3, 0.4) is 0 Å². The molecule has 0 saturated carbocycles. The van der Waals surface area contributed by atoms with Crippen LogP contribution in [0.4, 0.5) is 25.0 Å². The van der Waals surface area contributed by atoms with Crippen molar-refractivity contribution in [3.63, 3.8) is 0 Å². The van der Waals surface area contributed by atoms with Crippen LogP contribution >= 0.6 is 0 Å². The summed E-state index contributed by atoms with van der Waals surface area (Å²) in [6.07, 6.45) is 0. The number of para-hydroxylation sites is 1. The molecule has 2 heterocycles. The summed E-state index contributed by atoms with van der Waals surface area (Å²) >= 11 is 0. The van der Waals surface area contributed by atoms with Crippen LogP contribution in [0, 0.1) is 11.6 Å². The molecule has 1 fully saturated rings. The largest absolute Gasteiger partial charge is 0.394 e. The highest BCUT2D eigenvalue weighted by molar-refractivity contribution is 6.03. The Morgan fingerprint density at radius 3 is 2.24 bits per heavy atom. The Morgan fingerprint density at radius 2 is 1.58 bits per heavy atom. The van der Waals surface area contributed by atoms with E-state index in [1.54, 1.807) is 9.80 Å². The number of hydrogen-bond donors (Lipinski definition) is 2. The van der Waals surface area contributed by atoms with E-state index in [1.807, 2.05) is 24.3 Å². The number of amides is 3. The molecule has 0 spiro atoms. The standard InChI is InChI=1S/C25H21F2N3O3/c26-16-7-5-15(6-8-16)24(32)30-21-13-29(25(33)28-18-11-9-17(27)10-12-18)20-4-2-1-3-19(20)23(21)22(30)14-31/h1-12,21-23,31H,13-14H2,(H,28,33)/t21-,22-,23+/m0/s1. The molecule has 33 heavy (non-hydrogen) atoms. The van der Waals surface area contributed by atoms with Crippen molar-refractivity contribution in [3.05, 3.63) is 95.6 Å². The lowest BCUT2D eigenvalue weighted by atomic mass is 9.71. The van der Waals surface area contributed by atoms with Gasteiger partial charge in [0, 0.05) is 29.4 Å². The average molecular weight is 449 g/mol. The quantitative estimate of drug-likeness (QED) is 0.635. The van der Waals surface area contributed by atoms with Gasteiger partial charge in [-0.1, -0.05) is 18.2 Å². The van der Waals surface area contributed by atoms with Crippen LogP contribution in [0.25, 0.3) is 0 Å². The molecule has 0 unspecified atom stereocenters. The van der Waals surface area contributed by atoms with E-state index in [-0.39, 0.29) is 31.0 Å². The molecule has 3 amide bonds. The third-order valence-corrected chi connectivity index (χ3v) is 6.35. The van der Waals surface area contributed by atoms with Gasteiger partial charge < -0.3 is 15.3 Å². The summed E-state index contributed by atoms with van der Waals surface area (Å²) in [5, 5.41) is 12.8. The number of urea groups is 1. The van der Waals surface area contributed by atoms with Gasteiger partial charge in [0.25, 0.3) is 5.91 Å².